The van der Waals surface area contributed by atoms with Gasteiger partial charge in [0.2, 0.25) is 0 Å². The molecule has 6 heteroatoms. The van der Waals surface area contributed by atoms with Crippen molar-refractivity contribution in [3.8, 4) is 11.1 Å². The summed E-state index contributed by atoms with van der Waals surface area (Å²) in [5.74, 6) is 0. The molecular formula is C17H21N5O. The summed E-state index contributed by atoms with van der Waals surface area (Å²) in [6.07, 6.45) is 8.09. The molecule has 4 rings (SSSR count). The predicted molar refractivity (Wildman–Crippen MR) is 88.9 cm³/mol. The first-order valence-corrected chi connectivity index (χ1v) is 7.86. The maximum atomic E-state index is 10.5. The smallest absolute Gasteiger partial charge is 0.137 e. The number of H-pyrrole nitrogens is 1. The molecule has 2 atom stereocenters. The first-order chi connectivity index (χ1) is 11.0. The van der Waals surface area contributed by atoms with Crippen molar-refractivity contribution in [2.45, 2.75) is 25.0 Å². The molecular weight excluding hydrogens is 290 g/mol. The van der Waals surface area contributed by atoms with Crippen LogP contribution < -0.4 is 0 Å². The van der Waals surface area contributed by atoms with Crippen molar-refractivity contribution in [2.24, 2.45) is 7.05 Å². The number of aliphatic hydroxyl groups excluding tert-OH is 1. The van der Waals surface area contributed by atoms with E-state index in [0.717, 1.165) is 40.7 Å². The van der Waals surface area contributed by atoms with E-state index in [2.05, 4.69) is 40.0 Å². The summed E-state index contributed by atoms with van der Waals surface area (Å²) in [5, 5.41) is 15.8. The summed E-state index contributed by atoms with van der Waals surface area (Å²) in [6, 6.07) is 2.15. The monoisotopic (exact) mass is 311 g/mol. The van der Waals surface area contributed by atoms with Crippen molar-refractivity contribution in [2.75, 3.05) is 13.6 Å². The van der Waals surface area contributed by atoms with E-state index in [1.165, 1.54) is 0 Å². The minimum absolute atomic E-state index is 0.382. The molecule has 3 aromatic rings. The number of fused-ring (bicyclic) bond motifs is 1. The summed E-state index contributed by atoms with van der Waals surface area (Å²) in [4.78, 5) is 10.0. The molecule has 1 aliphatic heterocycles. The molecule has 3 aromatic heterocycles. The van der Waals surface area contributed by atoms with Gasteiger partial charge < -0.3 is 10.1 Å². The van der Waals surface area contributed by atoms with Gasteiger partial charge in [0.15, 0.2) is 0 Å². The molecule has 2 unspecified atom stereocenters. The Kier molecular flexibility index (Phi) is 3.08. The molecule has 0 amide bonds. The maximum Gasteiger partial charge on any atom is 0.137 e. The number of likely N-dealkylation sites (tertiary alicyclic amines) is 1. The number of rotatable bonds is 2. The third-order valence-corrected chi connectivity index (χ3v) is 5.31. The summed E-state index contributed by atoms with van der Waals surface area (Å²) < 4.78 is 1.79. The Labute approximate surface area is 134 Å². The highest BCUT2D eigenvalue weighted by atomic mass is 16.3. The number of nitrogens with zero attached hydrogens (tertiary/aromatic N) is 4. The van der Waals surface area contributed by atoms with Gasteiger partial charge in [0.05, 0.1) is 17.8 Å². The van der Waals surface area contributed by atoms with Crippen molar-refractivity contribution in [1.82, 2.24) is 24.6 Å². The third-order valence-electron chi connectivity index (χ3n) is 5.31. The van der Waals surface area contributed by atoms with Gasteiger partial charge in [0.1, 0.15) is 5.65 Å². The number of aryl methyl sites for hydroxylation is 1. The zero-order valence-electron chi connectivity index (χ0n) is 13.6. The van der Waals surface area contributed by atoms with Crippen LogP contribution in [0.15, 0.2) is 30.9 Å². The van der Waals surface area contributed by atoms with Gasteiger partial charge in [-0.15, -0.1) is 0 Å². The average Bonchev–Trinajstić information content (AvgIpc) is 3.21. The van der Waals surface area contributed by atoms with E-state index >= 15 is 0 Å². The van der Waals surface area contributed by atoms with Crippen molar-refractivity contribution in [3.63, 3.8) is 0 Å². The van der Waals surface area contributed by atoms with E-state index in [1.54, 1.807) is 4.68 Å². The Balaban J connectivity index is 1.87. The minimum atomic E-state index is -0.398. The van der Waals surface area contributed by atoms with Gasteiger partial charge in [0, 0.05) is 48.7 Å². The molecule has 1 saturated heterocycles. The number of likely N-dealkylation sites (N-methyl/N-ethyl adjacent to an activating group) is 1. The van der Waals surface area contributed by atoms with Crippen LogP contribution in [-0.4, -0.2) is 49.5 Å². The summed E-state index contributed by atoms with van der Waals surface area (Å²) in [5.41, 5.74) is 3.64. The molecule has 0 bridgehead atoms. The SMILES string of the molecule is CN1CCC(O)C1(C)c1cnc2[nH]cc(-c3cnn(C)c3)c2c1. The highest BCUT2D eigenvalue weighted by molar-refractivity contribution is 5.93. The number of nitrogens with one attached hydrogen (secondary N) is 1. The summed E-state index contributed by atoms with van der Waals surface area (Å²) in [7, 11) is 3.96. The highest BCUT2D eigenvalue weighted by Crippen LogP contribution is 2.39. The molecule has 120 valence electrons. The Hall–Kier alpha value is -2.18. The minimum Gasteiger partial charge on any atom is -0.391 e. The second kappa shape index (κ2) is 4.91. The second-order valence-corrected chi connectivity index (χ2v) is 6.60. The Morgan fingerprint density at radius 2 is 2.17 bits per heavy atom. The third kappa shape index (κ3) is 2.02. The van der Waals surface area contributed by atoms with Crippen LogP contribution in [-0.2, 0) is 12.6 Å². The van der Waals surface area contributed by atoms with Gasteiger partial charge in [-0.2, -0.15) is 5.10 Å². The standard InChI is InChI=1S/C17H21N5O/c1-17(15(23)4-5-21(17)2)12-6-13-14(9-19-16(13)18-8-12)11-7-20-22(3)10-11/h6-10,15,23H,4-5H2,1-3H3,(H,18,19). The zero-order chi connectivity index (χ0) is 16.2. The number of hydrogen-bond donors (Lipinski definition) is 2. The molecule has 0 radical (unpaired) electrons. The Morgan fingerprint density at radius 1 is 1.35 bits per heavy atom. The van der Waals surface area contributed by atoms with E-state index in [-0.39, 0.29) is 6.10 Å². The van der Waals surface area contributed by atoms with E-state index in [9.17, 15) is 5.11 Å². The normalized spacial score (nSPS) is 25.5. The molecule has 6 nitrogen and oxygen atoms in total. The molecule has 1 fully saturated rings. The van der Waals surface area contributed by atoms with Crippen molar-refractivity contribution in [1.29, 1.82) is 0 Å². The molecule has 0 saturated carbocycles. The van der Waals surface area contributed by atoms with E-state index in [4.69, 9.17) is 0 Å². The number of aromatic nitrogens is 4. The highest BCUT2D eigenvalue weighted by Gasteiger charge is 2.44. The summed E-state index contributed by atoms with van der Waals surface area (Å²) >= 11 is 0. The number of hydrogen-bond acceptors (Lipinski definition) is 4. The van der Waals surface area contributed by atoms with Crippen molar-refractivity contribution >= 4 is 11.0 Å². The first kappa shape index (κ1) is 14.4. The van der Waals surface area contributed by atoms with Gasteiger partial charge in [0.25, 0.3) is 0 Å². The van der Waals surface area contributed by atoms with Gasteiger partial charge in [-0.1, -0.05) is 0 Å². The van der Waals surface area contributed by atoms with Crippen LogP contribution in [0.25, 0.3) is 22.2 Å². The fourth-order valence-corrected chi connectivity index (χ4v) is 3.58. The molecule has 1 aliphatic rings. The first-order valence-electron chi connectivity index (χ1n) is 7.86. The van der Waals surface area contributed by atoms with Gasteiger partial charge in [-0.3, -0.25) is 9.58 Å². The van der Waals surface area contributed by atoms with E-state index in [1.807, 2.05) is 31.8 Å². The molecule has 0 aromatic carbocycles. The predicted octanol–water partition coefficient (Wildman–Crippen LogP) is 1.87. The maximum absolute atomic E-state index is 10.5. The van der Waals surface area contributed by atoms with Crippen LogP contribution in [0.2, 0.25) is 0 Å². The van der Waals surface area contributed by atoms with Crippen molar-refractivity contribution < 1.29 is 5.11 Å². The van der Waals surface area contributed by atoms with Crippen LogP contribution in [0.5, 0.6) is 0 Å². The van der Waals surface area contributed by atoms with Crippen LogP contribution in [0.3, 0.4) is 0 Å². The van der Waals surface area contributed by atoms with Crippen molar-refractivity contribution in [3.05, 3.63) is 36.4 Å². The lowest BCUT2D eigenvalue weighted by molar-refractivity contribution is 0.0519. The number of aliphatic hydroxyl groups is 1. The lowest BCUT2D eigenvalue weighted by atomic mass is 9.87. The summed E-state index contributed by atoms with van der Waals surface area (Å²) in [6.45, 7) is 2.97. The molecule has 4 heterocycles. The molecule has 23 heavy (non-hydrogen) atoms. The lowest BCUT2D eigenvalue weighted by Crippen LogP contribution is -2.42. The topological polar surface area (TPSA) is 70.0 Å². The largest absolute Gasteiger partial charge is 0.391 e. The van der Waals surface area contributed by atoms with Crippen LogP contribution in [0, 0.1) is 0 Å². The fraction of sp³-hybridized carbons (Fsp3) is 0.412. The van der Waals surface area contributed by atoms with Gasteiger partial charge in [-0.05, 0) is 32.0 Å². The lowest BCUT2D eigenvalue weighted by Gasteiger charge is -2.35. The molecule has 0 spiro atoms. The van der Waals surface area contributed by atoms with Gasteiger partial charge in [-0.25, -0.2) is 4.98 Å². The quantitative estimate of drug-likeness (QED) is 0.758. The Morgan fingerprint density at radius 3 is 2.83 bits per heavy atom. The van der Waals surface area contributed by atoms with E-state index in [0.29, 0.717) is 0 Å². The molecule has 0 aliphatic carbocycles. The Bertz CT molecular complexity index is 855. The zero-order valence-corrected chi connectivity index (χ0v) is 13.6. The molecule has 2 N–H and O–H groups in total. The van der Waals surface area contributed by atoms with Crippen LogP contribution in [0.4, 0.5) is 0 Å². The number of pyridine rings is 1. The van der Waals surface area contributed by atoms with Crippen LogP contribution in [0.1, 0.15) is 18.9 Å². The van der Waals surface area contributed by atoms with E-state index < -0.39 is 5.54 Å². The number of aromatic amines is 1. The fourth-order valence-electron chi connectivity index (χ4n) is 3.58. The average molecular weight is 311 g/mol. The van der Waals surface area contributed by atoms with Crippen LogP contribution >= 0.6 is 0 Å². The second-order valence-electron chi connectivity index (χ2n) is 6.60. The van der Waals surface area contributed by atoms with Gasteiger partial charge >= 0.3 is 0 Å².